The molecule has 1 heterocycles. The molecule has 2 aromatic rings. The van der Waals surface area contributed by atoms with Crippen molar-refractivity contribution >= 4 is 37.0 Å². The minimum Gasteiger partial charge on any atom is -0.594 e. The molecule has 1 aliphatic heterocycles. The number of urea groups is 1. The van der Waals surface area contributed by atoms with E-state index < -0.39 is 30.6 Å². The summed E-state index contributed by atoms with van der Waals surface area (Å²) in [5.41, 5.74) is 1.02. The summed E-state index contributed by atoms with van der Waals surface area (Å²) in [5, 5.41) is 3.87. The Morgan fingerprint density at radius 2 is 1.66 bits per heavy atom. The average molecular weight is 417 g/mol. The fourth-order valence-corrected chi connectivity index (χ4v) is 3.63. The average Bonchev–Trinajstić information content (AvgIpc) is 2.83. The third-order valence-electron chi connectivity index (χ3n) is 5.00. The molecule has 0 radical (unpaired) electrons. The van der Waals surface area contributed by atoms with Crippen LogP contribution in [-0.2, 0) is 14.8 Å². The second-order valence-electron chi connectivity index (χ2n) is 7.84. The van der Waals surface area contributed by atoms with Crippen molar-refractivity contribution in [1.82, 2.24) is 0 Å². The fourth-order valence-electron chi connectivity index (χ4n) is 3.27. The first-order valence-corrected chi connectivity index (χ1v) is 10.1. The van der Waals surface area contributed by atoms with Crippen molar-refractivity contribution < 1.29 is 23.4 Å². The highest BCUT2D eigenvalue weighted by Gasteiger charge is 2.54. The molecule has 1 atom stereocenters. The van der Waals surface area contributed by atoms with Crippen LogP contribution in [0.25, 0.3) is 0 Å². The normalized spacial score (nSPS) is 15.7. The number of fused-ring (bicyclic) bond motifs is 1. The van der Waals surface area contributed by atoms with Gasteiger partial charge in [0.25, 0.3) is 0 Å². The number of halogens is 1. The van der Waals surface area contributed by atoms with Gasteiger partial charge in [-0.05, 0) is 61.9 Å². The first-order valence-electron chi connectivity index (χ1n) is 8.92. The maximum atomic E-state index is 13.0. The molecule has 0 fully saturated rings. The molecule has 3 rings (SSSR count). The minimum absolute atomic E-state index is 0.329. The maximum Gasteiger partial charge on any atom is 0.337 e. The molecule has 0 spiro atoms. The molecule has 0 aliphatic carbocycles. The number of benzene rings is 2. The van der Waals surface area contributed by atoms with Gasteiger partial charge in [-0.15, -0.1) is 0 Å². The zero-order valence-corrected chi connectivity index (χ0v) is 17.3. The molecule has 7 nitrogen and oxygen atoms in total. The molecule has 1 aliphatic rings. The summed E-state index contributed by atoms with van der Waals surface area (Å²) < 4.78 is 24.7. The van der Waals surface area contributed by atoms with Gasteiger partial charge in [-0.1, -0.05) is 4.57 Å². The lowest BCUT2D eigenvalue weighted by molar-refractivity contribution is -0.169. The lowest BCUT2D eigenvalue weighted by Gasteiger charge is -2.29. The number of carbonyl (C=O) groups is 2. The standard InChI is InChI=1S/C20H21FN3O4P/c1-19(2)15-11-14(23-18(26)22-13-7-5-12(21)6-8-13)9-10-16(15)24(17(19)25)20(3,4)29(27)28/h5-11H,1-4H3,(H2,22,23,26). The SMILES string of the molecule is CC1(C)C(=O)N(C(C)(C)[P+](=O)[O-])c2ccc(NC(=O)Nc3ccc(F)cc3)cc21. The van der Waals surface area contributed by atoms with E-state index in [4.69, 9.17) is 0 Å². The summed E-state index contributed by atoms with van der Waals surface area (Å²) in [5.74, 6) is -0.738. The van der Waals surface area contributed by atoms with Gasteiger partial charge in [-0.25, -0.2) is 9.18 Å². The number of hydrogen-bond donors (Lipinski definition) is 2. The molecular weight excluding hydrogens is 396 g/mol. The Morgan fingerprint density at radius 3 is 2.24 bits per heavy atom. The zero-order chi connectivity index (χ0) is 21.6. The summed E-state index contributed by atoms with van der Waals surface area (Å²) in [7, 11) is -2.90. The second kappa shape index (κ2) is 7.21. The second-order valence-corrected chi connectivity index (χ2v) is 9.44. The summed E-state index contributed by atoms with van der Waals surface area (Å²) in [6.45, 7) is 6.38. The summed E-state index contributed by atoms with van der Waals surface area (Å²) >= 11 is 0. The highest BCUT2D eigenvalue weighted by atomic mass is 31.1. The molecular formula is C20H21FN3O4P. The molecule has 2 N–H and O–H groups in total. The molecule has 1 unspecified atom stereocenters. The van der Waals surface area contributed by atoms with Crippen LogP contribution >= 0.6 is 8.03 Å². The lowest BCUT2D eigenvalue weighted by atomic mass is 9.86. The summed E-state index contributed by atoms with van der Waals surface area (Å²) in [4.78, 5) is 38.2. The van der Waals surface area contributed by atoms with E-state index in [-0.39, 0.29) is 5.91 Å². The van der Waals surface area contributed by atoms with Gasteiger partial charge in [0.1, 0.15) is 5.82 Å². The van der Waals surface area contributed by atoms with Crippen LogP contribution in [-0.4, -0.2) is 17.2 Å². The van der Waals surface area contributed by atoms with Crippen LogP contribution in [0.2, 0.25) is 0 Å². The third kappa shape index (κ3) is 3.73. The Morgan fingerprint density at radius 1 is 1.10 bits per heavy atom. The largest absolute Gasteiger partial charge is 0.594 e. The molecule has 0 aromatic heterocycles. The lowest BCUT2D eigenvalue weighted by Crippen LogP contribution is -2.48. The van der Waals surface area contributed by atoms with E-state index >= 15 is 0 Å². The molecule has 2 aromatic carbocycles. The molecule has 152 valence electrons. The van der Waals surface area contributed by atoms with Crippen molar-refractivity contribution in [3.63, 3.8) is 0 Å². The number of anilines is 3. The molecule has 0 saturated heterocycles. The Kier molecular flexibility index (Phi) is 5.19. The van der Waals surface area contributed by atoms with Crippen LogP contribution < -0.4 is 20.4 Å². The molecule has 9 heteroatoms. The van der Waals surface area contributed by atoms with E-state index in [2.05, 4.69) is 10.6 Å². The van der Waals surface area contributed by atoms with E-state index in [0.29, 0.717) is 22.6 Å². The van der Waals surface area contributed by atoms with Crippen LogP contribution in [0.5, 0.6) is 0 Å². The van der Waals surface area contributed by atoms with Crippen molar-refractivity contribution in [3.8, 4) is 0 Å². The van der Waals surface area contributed by atoms with E-state index in [0.717, 1.165) is 0 Å². The van der Waals surface area contributed by atoms with Gasteiger partial charge in [0.05, 0.1) is 11.1 Å². The summed E-state index contributed by atoms with van der Waals surface area (Å²) in [6.07, 6.45) is 0. The van der Waals surface area contributed by atoms with Crippen molar-refractivity contribution in [2.75, 3.05) is 15.5 Å². The molecule has 3 amide bonds. The number of hydrogen-bond acceptors (Lipinski definition) is 4. The monoisotopic (exact) mass is 417 g/mol. The van der Waals surface area contributed by atoms with E-state index in [1.54, 1.807) is 32.0 Å². The molecule has 29 heavy (non-hydrogen) atoms. The highest BCUT2D eigenvalue weighted by molar-refractivity contribution is 7.38. The Bertz CT molecular complexity index is 1010. The first-order chi connectivity index (χ1) is 13.4. The first kappa shape index (κ1) is 20.9. The van der Waals surface area contributed by atoms with Gasteiger partial charge in [0, 0.05) is 25.2 Å². The number of carbonyl (C=O) groups excluding carboxylic acids is 2. The van der Waals surface area contributed by atoms with Crippen LogP contribution in [0.3, 0.4) is 0 Å². The minimum atomic E-state index is -2.90. The van der Waals surface area contributed by atoms with E-state index in [1.165, 1.54) is 43.0 Å². The molecule has 0 bridgehead atoms. The van der Waals surface area contributed by atoms with E-state index in [1.807, 2.05) is 0 Å². The van der Waals surface area contributed by atoms with Crippen LogP contribution in [0.15, 0.2) is 42.5 Å². The highest BCUT2D eigenvalue weighted by Crippen LogP contribution is 2.49. The van der Waals surface area contributed by atoms with Crippen LogP contribution in [0.1, 0.15) is 33.3 Å². The van der Waals surface area contributed by atoms with Crippen LogP contribution in [0, 0.1) is 5.82 Å². The van der Waals surface area contributed by atoms with Gasteiger partial charge in [-0.2, -0.15) is 0 Å². The number of nitrogens with one attached hydrogen (secondary N) is 2. The predicted octanol–water partition coefficient (Wildman–Crippen LogP) is 3.93. The number of rotatable bonds is 4. The fraction of sp³-hybridized carbons (Fsp3) is 0.300. The Labute approximate surface area is 168 Å². The van der Waals surface area contributed by atoms with Crippen molar-refractivity contribution in [2.24, 2.45) is 0 Å². The zero-order valence-electron chi connectivity index (χ0n) is 16.4. The number of nitrogens with zero attached hydrogens (tertiary/aromatic N) is 1. The van der Waals surface area contributed by atoms with Gasteiger partial charge in [0.2, 0.25) is 11.2 Å². The predicted molar refractivity (Wildman–Crippen MR) is 108 cm³/mol. The maximum absolute atomic E-state index is 13.0. The quantitative estimate of drug-likeness (QED) is 0.736. The Hall–Kier alpha value is -2.83. The summed E-state index contributed by atoms with van der Waals surface area (Å²) in [6, 6.07) is 9.68. The van der Waals surface area contributed by atoms with Crippen molar-refractivity contribution in [2.45, 2.75) is 38.4 Å². The molecule has 0 saturated carbocycles. The van der Waals surface area contributed by atoms with E-state index in [9.17, 15) is 23.4 Å². The Balaban J connectivity index is 1.88. The van der Waals surface area contributed by atoms with Crippen LogP contribution in [0.4, 0.5) is 26.2 Å². The topological polar surface area (TPSA) is 102 Å². The smallest absolute Gasteiger partial charge is 0.337 e. The third-order valence-corrected chi connectivity index (χ3v) is 6.10. The van der Waals surface area contributed by atoms with Gasteiger partial charge in [-0.3, -0.25) is 9.69 Å². The van der Waals surface area contributed by atoms with Gasteiger partial charge >= 0.3 is 14.1 Å². The number of amides is 3. The van der Waals surface area contributed by atoms with Crippen molar-refractivity contribution in [1.29, 1.82) is 0 Å². The van der Waals surface area contributed by atoms with Crippen molar-refractivity contribution in [3.05, 3.63) is 53.8 Å². The van der Waals surface area contributed by atoms with Gasteiger partial charge < -0.3 is 15.5 Å². The van der Waals surface area contributed by atoms with Gasteiger partial charge in [0.15, 0.2) is 0 Å².